The summed E-state index contributed by atoms with van der Waals surface area (Å²) >= 11 is 1.76. The van der Waals surface area contributed by atoms with E-state index >= 15 is 0 Å². The number of rotatable bonds is 6. The lowest BCUT2D eigenvalue weighted by molar-refractivity contribution is -0.141. The molecule has 36 heavy (non-hydrogen) atoms. The number of ether oxygens (including phenoxy) is 1. The molecule has 192 valence electrons. The van der Waals surface area contributed by atoms with Crippen molar-refractivity contribution in [3.8, 4) is 11.4 Å². The molecule has 0 radical (unpaired) electrons. The Bertz CT molecular complexity index is 1220. The Morgan fingerprint density at radius 1 is 1.17 bits per heavy atom. The molecule has 2 fully saturated rings. The minimum atomic E-state index is -0.947. The second kappa shape index (κ2) is 10.6. The molecule has 2 aliphatic heterocycles. The molecule has 0 aliphatic carbocycles. The summed E-state index contributed by atoms with van der Waals surface area (Å²) in [5.74, 6) is 2.25. The molecule has 11 heteroatoms. The van der Waals surface area contributed by atoms with Crippen LogP contribution in [0.15, 0.2) is 18.3 Å². The van der Waals surface area contributed by atoms with Crippen LogP contribution in [0.5, 0.6) is 0 Å². The van der Waals surface area contributed by atoms with E-state index in [4.69, 9.17) is 14.7 Å². The Morgan fingerprint density at radius 3 is 2.56 bits per heavy atom. The number of nitrogens with one attached hydrogen (secondary N) is 1. The lowest BCUT2D eigenvalue weighted by Gasteiger charge is -2.35. The van der Waals surface area contributed by atoms with Gasteiger partial charge in [0.25, 0.3) is 5.91 Å². The van der Waals surface area contributed by atoms with Crippen LogP contribution in [0.1, 0.15) is 17.4 Å². The maximum absolute atomic E-state index is 12.1. The van der Waals surface area contributed by atoms with Gasteiger partial charge in [-0.15, -0.1) is 11.3 Å². The van der Waals surface area contributed by atoms with Gasteiger partial charge in [-0.3, -0.25) is 9.69 Å². The van der Waals surface area contributed by atoms with Gasteiger partial charge in [-0.05, 0) is 31.5 Å². The van der Waals surface area contributed by atoms with E-state index in [1.807, 2.05) is 25.4 Å². The SMILES string of the molecule is CNc1ccc(-c2nc(N3CCOCC3)c3sc(CN4CCN(C(=O)[C@H](C)O)CC4)c(C)c3n2)cn1. The fourth-order valence-electron chi connectivity index (χ4n) is 4.66. The van der Waals surface area contributed by atoms with E-state index in [0.29, 0.717) is 32.1 Å². The fourth-order valence-corrected chi connectivity index (χ4v) is 5.96. The largest absolute Gasteiger partial charge is 0.384 e. The highest BCUT2D eigenvalue weighted by Crippen LogP contribution is 2.38. The van der Waals surface area contributed by atoms with Crippen LogP contribution < -0.4 is 10.2 Å². The van der Waals surface area contributed by atoms with Crippen molar-refractivity contribution in [3.63, 3.8) is 0 Å². The van der Waals surface area contributed by atoms with Gasteiger partial charge < -0.3 is 25.0 Å². The van der Waals surface area contributed by atoms with Crippen molar-refractivity contribution in [1.29, 1.82) is 0 Å². The summed E-state index contributed by atoms with van der Waals surface area (Å²) in [7, 11) is 1.85. The number of fused-ring (bicyclic) bond motifs is 1. The maximum Gasteiger partial charge on any atom is 0.251 e. The first-order valence-electron chi connectivity index (χ1n) is 12.4. The van der Waals surface area contributed by atoms with Crippen molar-refractivity contribution in [3.05, 3.63) is 28.8 Å². The lowest BCUT2D eigenvalue weighted by atomic mass is 10.2. The van der Waals surface area contributed by atoms with Crippen LogP contribution in [0.25, 0.3) is 21.6 Å². The van der Waals surface area contributed by atoms with Gasteiger partial charge in [0.05, 0.1) is 23.4 Å². The third-order valence-electron chi connectivity index (χ3n) is 6.84. The number of nitrogens with zero attached hydrogens (tertiary/aromatic N) is 6. The smallest absolute Gasteiger partial charge is 0.251 e. The van der Waals surface area contributed by atoms with E-state index in [-0.39, 0.29) is 5.91 Å². The number of morpholine rings is 1. The first-order valence-corrected chi connectivity index (χ1v) is 13.2. The van der Waals surface area contributed by atoms with Gasteiger partial charge in [-0.2, -0.15) is 0 Å². The molecule has 3 aromatic heterocycles. The Morgan fingerprint density at radius 2 is 1.92 bits per heavy atom. The van der Waals surface area contributed by atoms with Crippen molar-refractivity contribution in [1.82, 2.24) is 24.8 Å². The van der Waals surface area contributed by atoms with Crippen LogP contribution in [0.4, 0.5) is 11.6 Å². The van der Waals surface area contributed by atoms with Gasteiger partial charge >= 0.3 is 0 Å². The van der Waals surface area contributed by atoms with Gasteiger partial charge in [0, 0.05) is 69.5 Å². The predicted octanol–water partition coefficient (Wildman–Crippen LogP) is 1.97. The second-order valence-corrected chi connectivity index (χ2v) is 10.4. The molecule has 5 rings (SSSR count). The van der Waals surface area contributed by atoms with Crippen molar-refractivity contribution in [2.24, 2.45) is 0 Å². The second-order valence-electron chi connectivity index (χ2n) is 9.26. The minimum absolute atomic E-state index is 0.192. The molecule has 5 heterocycles. The molecular weight excluding hydrogens is 478 g/mol. The average Bonchev–Trinajstić information content (AvgIpc) is 3.23. The van der Waals surface area contributed by atoms with Gasteiger partial charge in [0.2, 0.25) is 0 Å². The van der Waals surface area contributed by atoms with Gasteiger partial charge in [0.1, 0.15) is 11.9 Å². The molecule has 0 aromatic carbocycles. The number of carbonyl (C=O) groups excluding carboxylic acids is 1. The van der Waals surface area contributed by atoms with E-state index in [9.17, 15) is 9.90 Å². The number of thiophene rings is 1. The molecule has 2 aliphatic rings. The van der Waals surface area contributed by atoms with E-state index < -0.39 is 6.10 Å². The molecule has 2 N–H and O–H groups in total. The van der Waals surface area contributed by atoms with Crippen LogP contribution in [-0.4, -0.2) is 101 Å². The molecule has 10 nitrogen and oxygen atoms in total. The van der Waals surface area contributed by atoms with Crippen molar-refractivity contribution in [2.45, 2.75) is 26.5 Å². The summed E-state index contributed by atoms with van der Waals surface area (Å²) in [6.07, 6.45) is 0.865. The van der Waals surface area contributed by atoms with Crippen LogP contribution >= 0.6 is 11.3 Å². The summed E-state index contributed by atoms with van der Waals surface area (Å²) in [5, 5.41) is 12.7. The molecule has 3 aromatic rings. The Hall–Kier alpha value is -2.86. The molecule has 0 bridgehead atoms. The topological polar surface area (TPSA) is 107 Å². The highest BCUT2D eigenvalue weighted by molar-refractivity contribution is 7.19. The molecule has 1 amide bonds. The number of amides is 1. The molecule has 0 unspecified atom stereocenters. The molecule has 0 saturated carbocycles. The number of hydrogen-bond acceptors (Lipinski definition) is 10. The number of carbonyl (C=O) groups is 1. The third kappa shape index (κ3) is 5.01. The Labute approximate surface area is 214 Å². The summed E-state index contributed by atoms with van der Waals surface area (Å²) in [6.45, 7) is 10.3. The normalized spacial score (nSPS) is 18.0. The van der Waals surface area contributed by atoms with Gasteiger partial charge in [-0.1, -0.05) is 0 Å². The predicted molar refractivity (Wildman–Crippen MR) is 141 cm³/mol. The highest BCUT2D eigenvalue weighted by Gasteiger charge is 2.26. The Kier molecular flexibility index (Phi) is 7.33. The quantitative estimate of drug-likeness (QED) is 0.514. The zero-order valence-electron chi connectivity index (χ0n) is 21.0. The van der Waals surface area contributed by atoms with E-state index in [2.05, 4.69) is 27.0 Å². The van der Waals surface area contributed by atoms with Crippen LogP contribution in [-0.2, 0) is 16.1 Å². The lowest BCUT2D eigenvalue weighted by Crippen LogP contribution is -2.50. The molecular formula is C25H33N7O3S. The van der Waals surface area contributed by atoms with E-state index in [0.717, 1.165) is 60.1 Å². The summed E-state index contributed by atoms with van der Waals surface area (Å²) in [4.78, 5) is 34.3. The van der Waals surface area contributed by atoms with E-state index in [1.165, 1.54) is 17.4 Å². The first kappa shape index (κ1) is 24.8. The molecule has 0 spiro atoms. The van der Waals surface area contributed by atoms with Crippen LogP contribution in [0, 0.1) is 6.92 Å². The summed E-state index contributed by atoms with van der Waals surface area (Å²) in [5.41, 5.74) is 3.05. The zero-order chi connectivity index (χ0) is 25.2. The number of pyridine rings is 1. The summed E-state index contributed by atoms with van der Waals surface area (Å²) in [6, 6.07) is 3.94. The van der Waals surface area contributed by atoms with Crippen molar-refractivity contribution in [2.75, 3.05) is 69.7 Å². The number of hydrogen-bond donors (Lipinski definition) is 2. The van der Waals surface area contributed by atoms with Crippen molar-refractivity contribution < 1.29 is 14.6 Å². The van der Waals surface area contributed by atoms with Gasteiger partial charge in [-0.25, -0.2) is 15.0 Å². The molecule has 2 saturated heterocycles. The standard InChI is InChI=1S/C25H33N7O3S/c1-16-19(15-30-6-8-32(9-7-30)25(34)17(2)33)36-22-21(16)28-23(18-4-5-20(26-3)27-14-18)29-24(22)31-10-12-35-13-11-31/h4-5,14,17,33H,6-13,15H2,1-3H3,(H,26,27)/t17-/m0/s1. The Balaban J connectivity index is 1.45. The third-order valence-corrected chi connectivity index (χ3v) is 8.11. The first-order chi connectivity index (χ1) is 17.4. The number of aliphatic hydroxyl groups is 1. The number of piperazine rings is 1. The van der Waals surface area contributed by atoms with E-state index in [1.54, 1.807) is 16.2 Å². The van der Waals surface area contributed by atoms with Crippen LogP contribution in [0.3, 0.4) is 0 Å². The van der Waals surface area contributed by atoms with Crippen LogP contribution in [0.2, 0.25) is 0 Å². The zero-order valence-corrected chi connectivity index (χ0v) is 21.8. The van der Waals surface area contributed by atoms with Crippen molar-refractivity contribution >= 4 is 39.1 Å². The highest BCUT2D eigenvalue weighted by atomic mass is 32.1. The monoisotopic (exact) mass is 511 g/mol. The minimum Gasteiger partial charge on any atom is -0.384 e. The number of aryl methyl sites for hydroxylation is 1. The average molecular weight is 512 g/mol. The fraction of sp³-hybridized carbons (Fsp3) is 0.520. The van der Waals surface area contributed by atoms with Gasteiger partial charge in [0.15, 0.2) is 11.6 Å². The summed E-state index contributed by atoms with van der Waals surface area (Å²) < 4.78 is 6.70. The number of aromatic nitrogens is 3. The number of aliphatic hydroxyl groups excluding tert-OH is 1. The molecule has 1 atom stereocenters. The maximum atomic E-state index is 12.1. The number of anilines is 2.